The third kappa shape index (κ3) is 5.93. The van der Waals surface area contributed by atoms with Crippen LogP contribution in [0.3, 0.4) is 0 Å². The zero-order valence-electron chi connectivity index (χ0n) is 17.8. The van der Waals surface area contributed by atoms with Crippen LogP contribution in [0.2, 0.25) is 0 Å². The van der Waals surface area contributed by atoms with E-state index in [0.717, 1.165) is 37.7 Å². The van der Waals surface area contributed by atoms with Crippen molar-refractivity contribution in [2.24, 2.45) is 11.1 Å². The Morgan fingerprint density at radius 1 is 1.19 bits per heavy atom. The first kappa shape index (κ1) is 23.0. The summed E-state index contributed by atoms with van der Waals surface area (Å²) in [4.78, 5) is 22.8. The third-order valence-electron chi connectivity index (χ3n) is 5.24. The molecule has 2 aromatic rings. The number of ether oxygens (including phenoxy) is 2. The minimum atomic E-state index is -3.66. The van der Waals surface area contributed by atoms with Crippen molar-refractivity contribution in [2.75, 3.05) is 44.1 Å². The molecule has 2 heterocycles. The molecule has 0 radical (unpaired) electrons. The average Bonchev–Trinajstić information content (AvgIpc) is 2.71. The van der Waals surface area contributed by atoms with Gasteiger partial charge in [0.25, 0.3) is 10.2 Å². The Morgan fingerprint density at radius 2 is 1.84 bits per heavy atom. The van der Waals surface area contributed by atoms with Crippen LogP contribution in [0.4, 0.5) is 11.8 Å². The number of carbonyl (C=O) groups excluding carboxylic acids is 1. The number of aromatic nitrogens is 2. The smallest absolute Gasteiger partial charge is 0.274 e. The summed E-state index contributed by atoms with van der Waals surface area (Å²) in [5.74, 6) is 2.15. The maximum absolute atomic E-state index is 11.6. The molecule has 170 valence electrons. The molecular formula is C19H28N6O5S. The Hall–Kier alpha value is -2.70. The SMILES string of the molecule is COc1cc2nc(NC(C)=O)nc(N3CCC(CCNS(N)(=O)=O)CC3)c2cc1OC. The second-order valence-corrected chi connectivity index (χ2v) is 8.81. The molecule has 0 aliphatic carbocycles. The summed E-state index contributed by atoms with van der Waals surface area (Å²) >= 11 is 0. The van der Waals surface area contributed by atoms with E-state index in [1.807, 2.05) is 6.07 Å². The van der Waals surface area contributed by atoms with Crippen LogP contribution in [0.25, 0.3) is 10.9 Å². The predicted octanol–water partition coefficient (Wildman–Crippen LogP) is 1.01. The van der Waals surface area contributed by atoms with Crippen molar-refractivity contribution in [3.05, 3.63) is 12.1 Å². The molecule has 1 aromatic carbocycles. The molecule has 0 unspecified atom stereocenters. The maximum atomic E-state index is 11.6. The fourth-order valence-electron chi connectivity index (χ4n) is 3.73. The zero-order chi connectivity index (χ0) is 22.6. The van der Waals surface area contributed by atoms with E-state index in [2.05, 4.69) is 24.9 Å². The lowest BCUT2D eigenvalue weighted by Crippen LogP contribution is -2.37. The Morgan fingerprint density at radius 3 is 2.42 bits per heavy atom. The van der Waals surface area contributed by atoms with E-state index in [1.165, 1.54) is 6.92 Å². The fraction of sp³-hybridized carbons (Fsp3) is 0.526. The normalized spacial score (nSPS) is 15.2. The molecule has 12 heteroatoms. The largest absolute Gasteiger partial charge is 0.493 e. The molecule has 0 atom stereocenters. The van der Waals surface area contributed by atoms with E-state index in [1.54, 1.807) is 20.3 Å². The van der Waals surface area contributed by atoms with Gasteiger partial charge in [-0.05, 0) is 31.2 Å². The minimum absolute atomic E-state index is 0.224. The number of carbonyl (C=O) groups is 1. The summed E-state index contributed by atoms with van der Waals surface area (Å²) < 4.78 is 35.2. The van der Waals surface area contributed by atoms with Crippen molar-refractivity contribution in [2.45, 2.75) is 26.2 Å². The van der Waals surface area contributed by atoms with Crippen molar-refractivity contribution >= 4 is 38.8 Å². The van der Waals surface area contributed by atoms with Gasteiger partial charge < -0.3 is 14.4 Å². The number of piperidine rings is 1. The van der Waals surface area contributed by atoms with Gasteiger partial charge in [0, 0.05) is 38.0 Å². The average molecular weight is 453 g/mol. The van der Waals surface area contributed by atoms with Gasteiger partial charge in [0.15, 0.2) is 11.5 Å². The van der Waals surface area contributed by atoms with Crippen molar-refractivity contribution in [3.63, 3.8) is 0 Å². The van der Waals surface area contributed by atoms with Crippen LogP contribution in [0, 0.1) is 5.92 Å². The van der Waals surface area contributed by atoms with Crippen LogP contribution >= 0.6 is 0 Å². The molecule has 1 aliphatic heterocycles. The summed E-state index contributed by atoms with van der Waals surface area (Å²) in [6, 6.07) is 3.60. The second-order valence-electron chi connectivity index (χ2n) is 7.43. The van der Waals surface area contributed by atoms with Gasteiger partial charge in [0.2, 0.25) is 11.9 Å². The molecule has 1 fully saturated rings. The number of benzene rings is 1. The first-order chi connectivity index (χ1) is 14.7. The van der Waals surface area contributed by atoms with Crippen molar-refractivity contribution in [1.82, 2.24) is 14.7 Å². The van der Waals surface area contributed by atoms with E-state index < -0.39 is 10.2 Å². The lowest BCUT2D eigenvalue weighted by Gasteiger charge is -2.33. The highest BCUT2D eigenvalue weighted by atomic mass is 32.2. The molecule has 11 nitrogen and oxygen atoms in total. The summed E-state index contributed by atoms with van der Waals surface area (Å²) in [7, 11) is -0.546. The lowest BCUT2D eigenvalue weighted by molar-refractivity contribution is -0.114. The Balaban J connectivity index is 1.85. The van der Waals surface area contributed by atoms with E-state index in [0.29, 0.717) is 35.3 Å². The summed E-state index contributed by atoms with van der Waals surface area (Å²) in [6.45, 7) is 3.20. The van der Waals surface area contributed by atoms with Gasteiger partial charge in [-0.3, -0.25) is 10.1 Å². The number of amides is 1. The van der Waals surface area contributed by atoms with Crippen LogP contribution < -0.4 is 29.6 Å². The summed E-state index contributed by atoms with van der Waals surface area (Å²) in [6.07, 6.45) is 2.47. The maximum Gasteiger partial charge on any atom is 0.274 e. The van der Waals surface area contributed by atoms with Gasteiger partial charge in [-0.1, -0.05) is 0 Å². The molecule has 3 rings (SSSR count). The highest BCUT2D eigenvalue weighted by molar-refractivity contribution is 7.87. The molecule has 0 bridgehead atoms. The third-order valence-corrected chi connectivity index (χ3v) is 5.85. The van der Waals surface area contributed by atoms with Gasteiger partial charge >= 0.3 is 0 Å². The van der Waals surface area contributed by atoms with Crippen molar-refractivity contribution < 1.29 is 22.7 Å². The topological polar surface area (TPSA) is 149 Å². The van der Waals surface area contributed by atoms with Crippen LogP contribution in [-0.4, -0.2) is 58.1 Å². The molecule has 31 heavy (non-hydrogen) atoms. The Kier molecular flexibility index (Phi) is 7.13. The predicted molar refractivity (Wildman–Crippen MR) is 118 cm³/mol. The number of hydrogen-bond donors (Lipinski definition) is 3. The number of hydrogen-bond acceptors (Lipinski definition) is 8. The Labute approximate surface area is 181 Å². The van der Waals surface area contributed by atoms with Crippen LogP contribution in [0.1, 0.15) is 26.2 Å². The number of nitrogens with one attached hydrogen (secondary N) is 2. The summed E-state index contributed by atoms with van der Waals surface area (Å²) in [5.41, 5.74) is 0.630. The first-order valence-electron chi connectivity index (χ1n) is 9.94. The molecular weight excluding hydrogens is 424 g/mol. The number of methoxy groups -OCH3 is 2. The van der Waals surface area contributed by atoms with E-state index >= 15 is 0 Å². The zero-order valence-corrected chi connectivity index (χ0v) is 18.7. The van der Waals surface area contributed by atoms with Crippen LogP contribution in [0.5, 0.6) is 11.5 Å². The molecule has 4 N–H and O–H groups in total. The van der Waals surface area contributed by atoms with E-state index in [-0.39, 0.29) is 11.9 Å². The van der Waals surface area contributed by atoms with Crippen molar-refractivity contribution in [3.8, 4) is 11.5 Å². The number of fused-ring (bicyclic) bond motifs is 1. The van der Waals surface area contributed by atoms with E-state index in [9.17, 15) is 13.2 Å². The van der Waals surface area contributed by atoms with E-state index in [4.69, 9.17) is 14.6 Å². The van der Waals surface area contributed by atoms with Gasteiger partial charge in [-0.25, -0.2) is 14.8 Å². The molecule has 0 saturated carbocycles. The van der Waals surface area contributed by atoms with Crippen LogP contribution in [0.15, 0.2) is 12.1 Å². The van der Waals surface area contributed by atoms with Crippen LogP contribution in [-0.2, 0) is 15.0 Å². The number of nitrogens with zero attached hydrogens (tertiary/aromatic N) is 3. The number of anilines is 2. The molecule has 0 spiro atoms. The van der Waals surface area contributed by atoms with Gasteiger partial charge in [0.1, 0.15) is 5.82 Å². The highest BCUT2D eigenvalue weighted by Crippen LogP contribution is 2.37. The number of rotatable bonds is 8. The quantitative estimate of drug-likeness (QED) is 0.537. The fourth-order valence-corrected chi connectivity index (χ4v) is 4.14. The molecule has 1 aliphatic rings. The van der Waals surface area contributed by atoms with Gasteiger partial charge in [-0.15, -0.1) is 0 Å². The number of nitrogens with two attached hydrogens (primary N) is 1. The first-order valence-corrected chi connectivity index (χ1v) is 11.5. The van der Waals surface area contributed by atoms with Gasteiger partial charge in [-0.2, -0.15) is 13.4 Å². The van der Waals surface area contributed by atoms with Gasteiger partial charge in [0.05, 0.1) is 19.7 Å². The minimum Gasteiger partial charge on any atom is -0.493 e. The molecule has 1 saturated heterocycles. The monoisotopic (exact) mass is 452 g/mol. The van der Waals surface area contributed by atoms with Crippen molar-refractivity contribution in [1.29, 1.82) is 0 Å². The summed E-state index contributed by atoms with van der Waals surface area (Å²) in [5, 5.41) is 8.43. The molecule has 1 amide bonds. The second kappa shape index (κ2) is 9.62. The lowest BCUT2D eigenvalue weighted by atomic mass is 9.93. The highest BCUT2D eigenvalue weighted by Gasteiger charge is 2.24. The molecule has 1 aromatic heterocycles. The standard InChI is InChI=1S/C19H28N6O5S/c1-12(26)22-19-23-15-11-17(30-3)16(29-2)10-14(15)18(24-19)25-8-5-13(6-9-25)4-7-21-31(20,27)28/h10-11,13,21H,4-9H2,1-3H3,(H2,20,27,28)(H,22,23,24,26). The Bertz CT molecular complexity index is 1050.